The van der Waals surface area contributed by atoms with Crippen LogP contribution in [0.4, 0.5) is 16.3 Å². The molecule has 0 aliphatic carbocycles. The molecule has 0 radical (unpaired) electrons. The molecule has 1 fully saturated rings. The molecule has 2 amide bonds. The van der Waals surface area contributed by atoms with E-state index in [9.17, 15) is 15.0 Å². The van der Waals surface area contributed by atoms with Gasteiger partial charge in [0.25, 0.3) is 0 Å². The number of amides is 2. The van der Waals surface area contributed by atoms with Crippen molar-refractivity contribution in [3.05, 3.63) is 71.8 Å². The third-order valence-corrected chi connectivity index (χ3v) is 7.95. The first-order valence-corrected chi connectivity index (χ1v) is 15.2. The van der Waals surface area contributed by atoms with E-state index in [0.29, 0.717) is 66.0 Å². The van der Waals surface area contributed by atoms with Gasteiger partial charge in [-0.3, -0.25) is 9.47 Å². The van der Waals surface area contributed by atoms with E-state index in [-0.39, 0.29) is 12.1 Å². The van der Waals surface area contributed by atoms with Crippen molar-refractivity contribution in [2.75, 3.05) is 37.4 Å². The number of nitrogens with zero attached hydrogens (tertiary/aromatic N) is 5. The Kier molecular flexibility index (Phi) is 10.7. The summed E-state index contributed by atoms with van der Waals surface area (Å²) in [6.07, 6.45) is -0.220. The molecule has 240 valence electrons. The van der Waals surface area contributed by atoms with Crippen molar-refractivity contribution in [1.82, 2.24) is 29.7 Å². The molecule has 4 atom stereocenters. The highest BCUT2D eigenvalue weighted by Gasteiger charge is 2.45. The quantitative estimate of drug-likeness (QED) is 0.137. The number of urea groups is 1. The zero-order valence-electron chi connectivity index (χ0n) is 25.4. The largest absolute Gasteiger partial charge is 0.497 e. The van der Waals surface area contributed by atoms with Crippen LogP contribution in [0.5, 0.6) is 5.75 Å². The van der Waals surface area contributed by atoms with Crippen molar-refractivity contribution in [2.45, 2.75) is 57.4 Å². The standard InChI is InChI=1S/C31H39ClN8O5/c1-19(2)39(13-5-12-33-31(43)38-22-8-10-23(44-3)11-9-22)16-24-26(41)27(42)30(45-24)40-18-37-25-28(35-17-36-29(25)40)34-15-20-6-4-7-21(32)14-20/h4,6-11,14,17-19,24,26-27,30,41-42H,5,12-13,15-16H2,1-3H3,(H2,33,38,43)(H,34,35,36)/t24-,26-,27-,30-/m1/s1. The Morgan fingerprint density at radius 2 is 1.93 bits per heavy atom. The van der Waals surface area contributed by atoms with Crippen molar-refractivity contribution < 1.29 is 24.5 Å². The van der Waals surface area contributed by atoms with Crippen LogP contribution in [0.3, 0.4) is 0 Å². The zero-order valence-corrected chi connectivity index (χ0v) is 26.2. The molecule has 1 aliphatic rings. The Hall–Kier alpha value is -4.01. The summed E-state index contributed by atoms with van der Waals surface area (Å²) in [7, 11) is 1.59. The number of methoxy groups -OCH3 is 1. The first-order valence-electron chi connectivity index (χ1n) is 14.8. The number of halogens is 1. The lowest BCUT2D eigenvalue weighted by Gasteiger charge is -2.30. The van der Waals surface area contributed by atoms with E-state index in [2.05, 4.69) is 49.6 Å². The van der Waals surface area contributed by atoms with Gasteiger partial charge in [0, 0.05) is 42.9 Å². The Labute approximate surface area is 266 Å². The number of aromatic nitrogens is 4. The molecule has 2 aromatic carbocycles. The molecule has 5 rings (SSSR count). The van der Waals surface area contributed by atoms with Gasteiger partial charge in [-0.1, -0.05) is 23.7 Å². The fourth-order valence-corrected chi connectivity index (χ4v) is 5.45. The average molecular weight is 639 g/mol. The molecular formula is C31H39ClN8O5. The van der Waals surface area contributed by atoms with Gasteiger partial charge in [0.15, 0.2) is 23.2 Å². The lowest BCUT2D eigenvalue weighted by Crippen LogP contribution is -2.44. The number of benzene rings is 2. The summed E-state index contributed by atoms with van der Waals surface area (Å²) in [5, 5.41) is 31.6. The molecule has 2 aromatic heterocycles. The fourth-order valence-electron chi connectivity index (χ4n) is 5.24. The molecule has 5 N–H and O–H groups in total. The number of carbonyl (C=O) groups excluding carboxylic acids is 1. The number of imidazole rings is 1. The lowest BCUT2D eigenvalue weighted by atomic mass is 10.1. The summed E-state index contributed by atoms with van der Waals surface area (Å²) in [5.41, 5.74) is 2.63. The monoisotopic (exact) mass is 638 g/mol. The summed E-state index contributed by atoms with van der Waals surface area (Å²) >= 11 is 6.11. The number of aliphatic hydroxyl groups excluding tert-OH is 2. The number of rotatable bonds is 13. The minimum atomic E-state index is -1.19. The minimum Gasteiger partial charge on any atom is -0.497 e. The van der Waals surface area contributed by atoms with Gasteiger partial charge in [-0.05, 0) is 62.2 Å². The van der Waals surface area contributed by atoms with Gasteiger partial charge in [0.05, 0.1) is 13.4 Å². The number of carbonyl (C=O) groups is 1. The second kappa shape index (κ2) is 14.8. The van der Waals surface area contributed by atoms with E-state index in [0.717, 1.165) is 5.56 Å². The van der Waals surface area contributed by atoms with Crippen LogP contribution in [0.2, 0.25) is 5.02 Å². The number of nitrogens with one attached hydrogen (secondary N) is 3. The highest BCUT2D eigenvalue weighted by atomic mass is 35.5. The topological polar surface area (TPSA) is 159 Å². The number of fused-ring (bicyclic) bond motifs is 1. The van der Waals surface area contributed by atoms with Crippen molar-refractivity contribution in [3.63, 3.8) is 0 Å². The van der Waals surface area contributed by atoms with Gasteiger partial charge < -0.3 is 35.6 Å². The molecule has 14 heteroatoms. The molecule has 3 heterocycles. The molecule has 0 bridgehead atoms. The normalized spacial score (nSPS) is 19.7. The molecule has 13 nitrogen and oxygen atoms in total. The molecule has 0 saturated carbocycles. The lowest BCUT2D eigenvalue weighted by molar-refractivity contribution is -0.0468. The predicted octanol–water partition coefficient (Wildman–Crippen LogP) is 3.64. The molecule has 0 unspecified atom stereocenters. The zero-order chi connectivity index (χ0) is 31.9. The second-order valence-corrected chi connectivity index (χ2v) is 11.6. The van der Waals surface area contributed by atoms with Gasteiger partial charge >= 0.3 is 6.03 Å². The molecule has 1 aliphatic heterocycles. The van der Waals surface area contributed by atoms with Crippen LogP contribution in [-0.4, -0.2) is 91.8 Å². The number of hydrogen-bond donors (Lipinski definition) is 5. The van der Waals surface area contributed by atoms with Crippen LogP contribution in [0.1, 0.15) is 32.1 Å². The second-order valence-electron chi connectivity index (χ2n) is 11.1. The van der Waals surface area contributed by atoms with Crippen molar-refractivity contribution in [1.29, 1.82) is 0 Å². The van der Waals surface area contributed by atoms with Gasteiger partial charge in [-0.25, -0.2) is 19.7 Å². The highest BCUT2D eigenvalue weighted by Crippen LogP contribution is 2.33. The summed E-state index contributed by atoms with van der Waals surface area (Å²) in [6, 6.07) is 14.5. The molecule has 0 spiro atoms. The molecule has 45 heavy (non-hydrogen) atoms. The Bertz CT molecular complexity index is 1570. The van der Waals surface area contributed by atoms with Crippen molar-refractivity contribution >= 4 is 40.3 Å². The number of aliphatic hydroxyl groups is 2. The predicted molar refractivity (Wildman–Crippen MR) is 171 cm³/mol. The van der Waals surface area contributed by atoms with Crippen LogP contribution in [-0.2, 0) is 11.3 Å². The van der Waals surface area contributed by atoms with Crippen molar-refractivity contribution in [2.24, 2.45) is 0 Å². The number of ether oxygens (including phenoxy) is 2. The van der Waals surface area contributed by atoms with E-state index in [4.69, 9.17) is 21.1 Å². The maximum atomic E-state index is 12.3. The summed E-state index contributed by atoms with van der Waals surface area (Å²) in [6.45, 7) is 6.08. The van der Waals surface area contributed by atoms with Crippen molar-refractivity contribution in [3.8, 4) is 5.75 Å². The first kappa shape index (κ1) is 32.4. The summed E-state index contributed by atoms with van der Waals surface area (Å²) in [5.74, 6) is 1.24. The molecule has 1 saturated heterocycles. The van der Waals surface area contributed by atoms with E-state index >= 15 is 0 Å². The Morgan fingerprint density at radius 1 is 1.13 bits per heavy atom. The van der Waals surface area contributed by atoms with E-state index in [1.807, 2.05) is 24.3 Å². The summed E-state index contributed by atoms with van der Waals surface area (Å²) in [4.78, 5) is 27.7. The number of hydrogen-bond acceptors (Lipinski definition) is 10. The van der Waals surface area contributed by atoms with Gasteiger partial charge in [-0.15, -0.1) is 0 Å². The fraction of sp³-hybridized carbons (Fsp3) is 0.419. The van der Waals surface area contributed by atoms with E-state index in [1.165, 1.54) is 12.7 Å². The van der Waals surface area contributed by atoms with Crippen LogP contribution >= 0.6 is 11.6 Å². The summed E-state index contributed by atoms with van der Waals surface area (Å²) < 4.78 is 13.0. The van der Waals surface area contributed by atoms with Crippen LogP contribution < -0.4 is 20.7 Å². The van der Waals surface area contributed by atoms with Crippen LogP contribution in [0.25, 0.3) is 11.2 Å². The first-order chi connectivity index (χ1) is 21.7. The smallest absolute Gasteiger partial charge is 0.319 e. The number of anilines is 2. The van der Waals surface area contributed by atoms with Crippen LogP contribution in [0, 0.1) is 0 Å². The van der Waals surface area contributed by atoms with Gasteiger partial charge in [0.1, 0.15) is 30.4 Å². The molecule has 4 aromatic rings. The van der Waals surface area contributed by atoms with Gasteiger partial charge in [0.2, 0.25) is 0 Å². The van der Waals surface area contributed by atoms with E-state index < -0.39 is 24.5 Å². The SMILES string of the molecule is COc1ccc(NC(=O)NCCCN(C[C@H]2O[C@@H](n3cnc4c(NCc5cccc(Cl)c5)ncnc43)[C@H](O)[C@@H]2O)C(C)C)cc1. The molecular weight excluding hydrogens is 600 g/mol. The highest BCUT2D eigenvalue weighted by molar-refractivity contribution is 6.30. The third-order valence-electron chi connectivity index (χ3n) is 7.72. The van der Waals surface area contributed by atoms with Crippen LogP contribution in [0.15, 0.2) is 61.2 Å². The minimum absolute atomic E-state index is 0.139. The van der Waals surface area contributed by atoms with Gasteiger partial charge in [-0.2, -0.15) is 0 Å². The Balaban J connectivity index is 1.16. The van der Waals surface area contributed by atoms with E-state index in [1.54, 1.807) is 35.9 Å². The average Bonchev–Trinajstić information content (AvgIpc) is 3.58. The Morgan fingerprint density at radius 3 is 2.67 bits per heavy atom. The maximum Gasteiger partial charge on any atom is 0.319 e. The third kappa shape index (κ3) is 7.99. The maximum absolute atomic E-state index is 12.3.